The van der Waals surface area contributed by atoms with Crippen LogP contribution in [0.4, 0.5) is 10.1 Å². The molecule has 0 unspecified atom stereocenters. The van der Waals surface area contributed by atoms with Gasteiger partial charge in [-0.1, -0.05) is 35.3 Å². The smallest absolute Gasteiger partial charge is 0.266 e. The topological polar surface area (TPSA) is 62.1 Å². The van der Waals surface area contributed by atoms with Gasteiger partial charge in [0.2, 0.25) is 0 Å². The number of carbonyl (C=O) groups excluding carboxylic acids is 1. The van der Waals surface area contributed by atoms with E-state index in [1.165, 1.54) is 36.4 Å². The lowest BCUT2D eigenvalue weighted by Crippen LogP contribution is -2.14. The summed E-state index contributed by atoms with van der Waals surface area (Å²) in [6, 6.07) is 10.5. The summed E-state index contributed by atoms with van der Waals surface area (Å²) in [7, 11) is 0. The van der Waals surface area contributed by atoms with Crippen molar-refractivity contribution in [3.63, 3.8) is 0 Å². The first-order valence-corrected chi connectivity index (χ1v) is 8.01. The maximum atomic E-state index is 13.6. The Balaban J connectivity index is 2.30. The molecule has 2 aromatic rings. The molecule has 2 aromatic carbocycles. The summed E-state index contributed by atoms with van der Waals surface area (Å²) < 4.78 is 18.9. The molecule has 0 radical (unpaired) electrons. The molecule has 0 bridgehead atoms. The third-order valence-corrected chi connectivity index (χ3v) is 3.67. The Labute approximate surface area is 154 Å². The van der Waals surface area contributed by atoms with E-state index >= 15 is 0 Å². The molecule has 0 saturated carbocycles. The van der Waals surface area contributed by atoms with Gasteiger partial charge in [-0.2, -0.15) is 5.26 Å². The zero-order chi connectivity index (χ0) is 18.4. The predicted molar refractivity (Wildman–Crippen MR) is 96.3 cm³/mol. The Morgan fingerprint density at radius 2 is 1.96 bits per heavy atom. The molecule has 0 atom stereocenters. The Bertz CT molecular complexity index is 853. The van der Waals surface area contributed by atoms with Crippen LogP contribution in [0.1, 0.15) is 12.5 Å². The lowest BCUT2D eigenvalue weighted by atomic mass is 10.1. The van der Waals surface area contributed by atoms with Crippen LogP contribution in [0, 0.1) is 17.1 Å². The summed E-state index contributed by atoms with van der Waals surface area (Å²) >= 11 is 12.2. The monoisotopic (exact) mass is 378 g/mol. The molecular weight excluding hydrogens is 366 g/mol. The van der Waals surface area contributed by atoms with Crippen molar-refractivity contribution in [2.24, 2.45) is 0 Å². The first-order chi connectivity index (χ1) is 12.0. The van der Waals surface area contributed by atoms with Crippen molar-refractivity contribution in [1.82, 2.24) is 0 Å². The number of benzene rings is 2. The van der Waals surface area contributed by atoms with Gasteiger partial charge >= 0.3 is 0 Å². The van der Waals surface area contributed by atoms with Gasteiger partial charge in [-0.15, -0.1) is 0 Å². The molecule has 0 spiro atoms. The number of hydrogen-bond donors (Lipinski definition) is 1. The number of rotatable bonds is 5. The molecule has 0 aliphatic rings. The normalized spacial score (nSPS) is 10.9. The summed E-state index contributed by atoms with van der Waals surface area (Å²) in [5.41, 5.74) is 0.203. The van der Waals surface area contributed by atoms with Gasteiger partial charge < -0.3 is 10.1 Å². The van der Waals surface area contributed by atoms with Gasteiger partial charge in [-0.05, 0) is 42.8 Å². The van der Waals surface area contributed by atoms with Crippen LogP contribution in [-0.2, 0) is 4.79 Å². The van der Waals surface area contributed by atoms with Crippen molar-refractivity contribution < 1.29 is 13.9 Å². The molecular formula is C18H13Cl2FN2O2. The quantitative estimate of drug-likeness (QED) is 0.582. The van der Waals surface area contributed by atoms with E-state index in [9.17, 15) is 14.4 Å². The number of halogens is 3. The van der Waals surface area contributed by atoms with Crippen LogP contribution in [0.25, 0.3) is 6.08 Å². The van der Waals surface area contributed by atoms with Gasteiger partial charge in [-0.3, -0.25) is 4.79 Å². The Kier molecular flexibility index (Phi) is 6.40. The molecule has 7 heteroatoms. The average Bonchev–Trinajstić information content (AvgIpc) is 2.58. The van der Waals surface area contributed by atoms with E-state index in [0.29, 0.717) is 17.9 Å². The van der Waals surface area contributed by atoms with Crippen molar-refractivity contribution >= 4 is 40.9 Å². The van der Waals surface area contributed by atoms with Crippen molar-refractivity contribution in [1.29, 1.82) is 5.26 Å². The molecule has 4 nitrogen and oxygen atoms in total. The number of hydrogen-bond acceptors (Lipinski definition) is 3. The van der Waals surface area contributed by atoms with Crippen molar-refractivity contribution in [3.05, 3.63) is 63.4 Å². The van der Waals surface area contributed by atoms with E-state index in [1.807, 2.05) is 0 Å². The Morgan fingerprint density at radius 3 is 2.52 bits per heavy atom. The molecule has 0 heterocycles. The lowest BCUT2D eigenvalue weighted by Gasteiger charge is -2.09. The fraction of sp³-hybridized carbons (Fsp3) is 0.111. The van der Waals surface area contributed by atoms with Gasteiger partial charge in [-0.25, -0.2) is 4.39 Å². The number of nitriles is 1. The highest BCUT2D eigenvalue weighted by molar-refractivity contribution is 6.37. The van der Waals surface area contributed by atoms with Crippen molar-refractivity contribution in [2.75, 3.05) is 11.9 Å². The zero-order valence-electron chi connectivity index (χ0n) is 13.1. The van der Waals surface area contributed by atoms with Crippen molar-refractivity contribution in [3.8, 4) is 11.8 Å². The van der Waals surface area contributed by atoms with E-state index in [1.54, 1.807) is 19.1 Å². The minimum absolute atomic E-state index is 0.0172. The summed E-state index contributed by atoms with van der Waals surface area (Å²) in [5, 5.41) is 12.1. The molecule has 1 N–H and O–H groups in total. The van der Waals surface area contributed by atoms with E-state index in [-0.39, 0.29) is 21.3 Å². The first kappa shape index (κ1) is 18.8. The maximum Gasteiger partial charge on any atom is 0.266 e. The van der Waals surface area contributed by atoms with Crippen LogP contribution < -0.4 is 10.1 Å². The molecule has 0 aliphatic heterocycles. The highest BCUT2D eigenvalue weighted by atomic mass is 35.5. The predicted octanol–water partition coefficient (Wildman–Crippen LogP) is 5.08. The van der Waals surface area contributed by atoms with E-state index in [0.717, 1.165) is 0 Å². The number of amides is 1. The van der Waals surface area contributed by atoms with E-state index in [4.69, 9.17) is 27.9 Å². The standard InChI is InChI=1S/C18H13Cl2FN2O2/c1-2-25-17-13(19)8-11(9-14(17)20)7-12(10-22)18(24)23-16-6-4-3-5-15(16)21/h3-9H,2H2,1H3,(H,23,24)/b12-7-. The largest absolute Gasteiger partial charge is 0.491 e. The fourth-order valence-corrected chi connectivity index (χ4v) is 2.63. The third-order valence-electron chi connectivity index (χ3n) is 3.11. The van der Waals surface area contributed by atoms with Crippen LogP contribution in [0.15, 0.2) is 42.0 Å². The van der Waals surface area contributed by atoms with Crippen LogP contribution >= 0.6 is 23.2 Å². The summed E-state index contributed by atoms with van der Waals surface area (Å²) in [6.07, 6.45) is 1.31. The molecule has 0 aromatic heterocycles. The molecule has 0 saturated heterocycles. The number of nitrogens with one attached hydrogen (secondary N) is 1. The molecule has 128 valence electrons. The van der Waals surface area contributed by atoms with Crippen LogP contribution in [0.3, 0.4) is 0 Å². The van der Waals surface area contributed by atoms with Gasteiger partial charge in [0, 0.05) is 0 Å². The van der Waals surface area contributed by atoms with E-state index < -0.39 is 11.7 Å². The fourth-order valence-electron chi connectivity index (χ4n) is 2.01. The second kappa shape index (κ2) is 8.52. The number of nitrogens with zero attached hydrogens (tertiary/aromatic N) is 1. The van der Waals surface area contributed by atoms with Crippen LogP contribution in [-0.4, -0.2) is 12.5 Å². The Hall–Kier alpha value is -2.55. The van der Waals surface area contributed by atoms with E-state index in [2.05, 4.69) is 5.32 Å². The summed E-state index contributed by atoms with van der Waals surface area (Å²) in [6.45, 7) is 2.18. The van der Waals surface area contributed by atoms with Crippen LogP contribution in [0.5, 0.6) is 5.75 Å². The molecule has 1 amide bonds. The minimum Gasteiger partial charge on any atom is -0.491 e. The third kappa shape index (κ3) is 4.72. The number of anilines is 1. The lowest BCUT2D eigenvalue weighted by molar-refractivity contribution is -0.112. The minimum atomic E-state index is -0.742. The SMILES string of the molecule is CCOc1c(Cl)cc(/C=C(/C#N)C(=O)Nc2ccccc2F)cc1Cl. The van der Waals surface area contributed by atoms with Crippen molar-refractivity contribution in [2.45, 2.75) is 6.92 Å². The second-order valence-electron chi connectivity index (χ2n) is 4.85. The van der Waals surface area contributed by atoms with Gasteiger partial charge in [0.15, 0.2) is 5.75 Å². The van der Waals surface area contributed by atoms with Crippen LogP contribution in [0.2, 0.25) is 10.0 Å². The molecule has 0 aliphatic carbocycles. The Morgan fingerprint density at radius 1 is 1.32 bits per heavy atom. The average molecular weight is 379 g/mol. The second-order valence-corrected chi connectivity index (χ2v) is 5.66. The van der Waals surface area contributed by atoms with Gasteiger partial charge in [0.05, 0.1) is 22.3 Å². The molecule has 2 rings (SSSR count). The molecule has 25 heavy (non-hydrogen) atoms. The highest BCUT2D eigenvalue weighted by Gasteiger charge is 2.14. The van der Waals surface area contributed by atoms with Gasteiger partial charge in [0.25, 0.3) is 5.91 Å². The summed E-state index contributed by atoms with van der Waals surface area (Å²) in [4.78, 5) is 12.2. The molecule has 0 fully saturated rings. The first-order valence-electron chi connectivity index (χ1n) is 7.25. The van der Waals surface area contributed by atoms with Gasteiger partial charge in [0.1, 0.15) is 17.5 Å². The summed E-state index contributed by atoms with van der Waals surface area (Å²) in [5.74, 6) is -1.01. The number of ether oxygens (including phenoxy) is 1. The maximum absolute atomic E-state index is 13.6. The highest BCUT2D eigenvalue weighted by Crippen LogP contribution is 2.34. The zero-order valence-corrected chi connectivity index (χ0v) is 14.7. The number of carbonyl (C=O) groups is 1. The number of para-hydroxylation sites is 1.